The molecule has 1 aliphatic heterocycles. The molecule has 1 aromatic carbocycles. The number of hydrogen-bond donors (Lipinski definition) is 1. The van der Waals surface area contributed by atoms with E-state index in [1.54, 1.807) is 18.2 Å². The Morgan fingerprint density at radius 2 is 1.88 bits per heavy atom. The van der Waals surface area contributed by atoms with Gasteiger partial charge in [0.25, 0.3) is 0 Å². The zero-order valence-corrected chi connectivity index (χ0v) is 16.5. The van der Waals surface area contributed by atoms with Gasteiger partial charge < -0.3 is 10.1 Å². The Labute approximate surface area is 158 Å². The van der Waals surface area contributed by atoms with Crippen LogP contribution in [-0.4, -0.2) is 56.2 Å². The normalized spacial score (nSPS) is 21.9. The second-order valence-electron chi connectivity index (χ2n) is 6.17. The van der Waals surface area contributed by atoms with Crippen LogP contribution in [0.15, 0.2) is 18.2 Å². The van der Waals surface area contributed by atoms with Gasteiger partial charge in [-0.15, -0.1) is 0 Å². The van der Waals surface area contributed by atoms with Gasteiger partial charge in [-0.3, -0.25) is 4.79 Å². The first kappa shape index (κ1) is 20.5. The van der Waals surface area contributed by atoms with Gasteiger partial charge in [-0.1, -0.05) is 29.3 Å². The van der Waals surface area contributed by atoms with Gasteiger partial charge in [-0.25, -0.2) is 8.42 Å². The number of morpholine rings is 1. The lowest BCUT2D eigenvalue weighted by Crippen LogP contribution is -2.49. The fourth-order valence-corrected chi connectivity index (χ4v) is 4.52. The summed E-state index contributed by atoms with van der Waals surface area (Å²) in [4.78, 5) is 12.0. The average Bonchev–Trinajstić information content (AvgIpc) is 2.50. The Morgan fingerprint density at radius 1 is 1.24 bits per heavy atom. The molecule has 1 heterocycles. The predicted octanol–water partition coefficient (Wildman–Crippen LogP) is 2.09. The molecule has 1 saturated heterocycles. The first-order valence-corrected chi connectivity index (χ1v) is 10.4. The first-order valence-electron chi connectivity index (χ1n) is 8.01. The highest BCUT2D eigenvalue weighted by molar-refractivity contribution is 7.89. The van der Waals surface area contributed by atoms with Gasteiger partial charge in [0.1, 0.15) is 0 Å². The number of carbonyl (C=O) groups excluding carboxylic acids is 1. The molecular weight excluding hydrogens is 387 g/mol. The van der Waals surface area contributed by atoms with E-state index < -0.39 is 10.0 Å². The van der Waals surface area contributed by atoms with Crippen molar-refractivity contribution < 1.29 is 17.9 Å². The van der Waals surface area contributed by atoms with Gasteiger partial charge in [0.15, 0.2) is 0 Å². The van der Waals surface area contributed by atoms with E-state index in [1.807, 2.05) is 13.8 Å². The highest BCUT2D eigenvalue weighted by atomic mass is 35.5. The molecule has 2 rings (SSSR count). The fraction of sp³-hybridized carbons (Fsp3) is 0.562. The lowest BCUT2D eigenvalue weighted by molar-refractivity contribution is -0.120. The van der Waals surface area contributed by atoms with Crippen LogP contribution in [-0.2, 0) is 26.0 Å². The van der Waals surface area contributed by atoms with Crippen LogP contribution in [0.3, 0.4) is 0 Å². The highest BCUT2D eigenvalue weighted by Gasteiger charge is 2.30. The van der Waals surface area contributed by atoms with Crippen LogP contribution in [0.25, 0.3) is 0 Å². The van der Waals surface area contributed by atoms with Crippen molar-refractivity contribution in [1.82, 2.24) is 9.62 Å². The number of sulfonamides is 1. The number of nitrogens with one attached hydrogen (secondary N) is 1. The molecular formula is C16H22Cl2N2O4S. The molecule has 1 amide bonds. The molecule has 6 nitrogen and oxygen atoms in total. The van der Waals surface area contributed by atoms with E-state index in [9.17, 15) is 13.2 Å². The first-order chi connectivity index (χ1) is 11.7. The van der Waals surface area contributed by atoms with Gasteiger partial charge in [-0.05, 0) is 31.5 Å². The molecule has 0 bridgehead atoms. The van der Waals surface area contributed by atoms with E-state index >= 15 is 0 Å². The van der Waals surface area contributed by atoms with Crippen molar-refractivity contribution in [2.75, 3.05) is 25.4 Å². The van der Waals surface area contributed by atoms with E-state index in [-0.39, 0.29) is 36.8 Å². The van der Waals surface area contributed by atoms with Gasteiger partial charge in [-0.2, -0.15) is 4.31 Å². The molecule has 1 aromatic rings. The van der Waals surface area contributed by atoms with Crippen LogP contribution >= 0.6 is 23.2 Å². The lowest BCUT2D eigenvalue weighted by atomic mass is 10.1. The minimum atomic E-state index is -3.43. The van der Waals surface area contributed by atoms with Crippen molar-refractivity contribution in [3.8, 4) is 0 Å². The molecule has 1 aliphatic rings. The smallest absolute Gasteiger partial charge is 0.224 e. The molecule has 1 N–H and O–H groups in total. The Balaban J connectivity index is 1.82. The second-order valence-corrected chi connectivity index (χ2v) is 9.07. The SMILES string of the molecule is CC1CN(S(=O)(=O)CCNC(=O)Cc2ccc(Cl)c(Cl)c2)CC(C)O1. The van der Waals surface area contributed by atoms with E-state index in [2.05, 4.69) is 5.32 Å². The van der Waals surface area contributed by atoms with E-state index in [1.165, 1.54) is 4.31 Å². The average molecular weight is 409 g/mol. The second kappa shape index (κ2) is 8.68. The van der Waals surface area contributed by atoms with E-state index in [4.69, 9.17) is 27.9 Å². The third-order valence-electron chi connectivity index (χ3n) is 3.81. The lowest BCUT2D eigenvalue weighted by Gasteiger charge is -2.34. The number of rotatable bonds is 6. The molecule has 2 unspecified atom stereocenters. The summed E-state index contributed by atoms with van der Waals surface area (Å²) < 4.78 is 31.7. The number of halogens is 2. The molecule has 0 saturated carbocycles. The summed E-state index contributed by atoms with van der Waals surface area (Å²) in [5.41, 5.74) is 0.714. The summed E-state index contributed by atoms with van der Waals surface area (Å²) >= 11 is 11.7. The number of amides is 1. The van der Waals surface area contributed by atoms with E-state index in [0.717, 1.165) is 0 Å². The third kappa shape index (κ3) is 6.11. The van der Waals surface area contributed by atoms with Crippen molar-refractivity contribution in [3.05, 3.63) is 33.8 Å². The van der Waals surface area contributed by atoms with Gasteiger partial charge in [0.05, 0.1) is 34.4 Å². The van der Waals surface area contributed by atoms with E-state index in [0.29, 0.717) is 28.7 Å². The Morgan fingerprint density at radius 3 is 2.48 bits per heavy atom. The van der Waals surface area contributed by atoms with Gasteiger partial charge in [0, 0.05) is 19.6 Å². The van der Waals surface area contributed by atoms with Gasteiger partial charge in [0.2, 0.25) is 15.9 Å². The van der Waals surface area contributed by atoms with Crippen LogP contribution in [0.4, 0.5) is 0 Å². The standard InChI is InChI=1S/C16H22Cl2N2O4S/c1-11-9-20(10-12(2)24-11)25(22,23)6-5-19-16(21)8-13-3-4-14(17)15(18)7-13/h3-4,7,11-12H,5-6,8-10H2,1-2H3,(H,19,21). The van der Waals surface area contributed by atoms with Crippen LogP contribution in [0.1, 0.15) is 19.4 Å². The number of nitrogens with zero attached hydrogens (tertiary/aromatic N) is 1. The molecule has 0 aromatic heterocycles. The monoisotopic (exact) mass is 408 g/mol. The highest BCUT2D eigenvalue weighted by Crippen LogP contribution is 2.22. The number of benzene rings is 1. The summed E-state index contributed by atoms with van der Waals surface area (Å²) in [5, 5.41) is 3.43. The zero-order chi connectivity index (χ0) is 18.6. The van der Waals surface area contributed by atoms with Crippen LogP contribution in [0, 0.1) is 0 Å². The van der Waals surface area contributed by atoms with Crippen LogP contribution < -0.4 is 5.32 Å². The van der Waals surface area contributed by atoms with Crippen molar-refractivity contribution in [1.29, 1.82) is 0 Å². The Kier molecular flexibility index (Phi) is 7.10. The molecule has 0 radical (unpaired) electrons. The summed E-state index contributed by atoms with van der Waals surface area (Å²) in [6.45, 7) is 4.42. The quantitative estimate of drug-likeness (QED) is 0.781. The maximum Gasteiger partial charge on any atom is 0.224 e. The van der Waals surface area contributed by atoms with Crippen molar-refractivity contribution in [2.45, 2.75) is 32.5 Å². The predicted molar refractivity (Wildman–Crippen MR) is 98.5 cm³/mol. The molecule has 25 heavy (non-hydrogen) atoms. The minimum Gasteiger partial charge on any atom is -0.373 e. The fourth-order valence-electron chi connectivity index (χ4n) is 2.70. The Bertz CT molecular complexity index is 717. The summed E-state index contributed by atoms with van der Waals surface area (Å²) in [6, 6.07) is 4.95. The maximum atomic E-state index is 12.4. The number of hydrogen-bond acceptors (Lipinski definition) is 4. The molecule has 9 heteroatoms. The molecule has 0 aliphatic carbocycles. The molecule has 140 valence electrons. The van der Waals surface area contributed by atoms with Crippen molar-refractivity contribution in [2.24, 2.45) is 0 Å². The van der Waals surface area contributed by atoms with Crippen LogP contribution in [0.2, 0.25) is 10.0 Å². The largest absolute Gasteiger partial charge is 0.373 e. The Hall–Kier alpha value is -0.860. The molecule has 1 fully saturated rings. The third-order valence-corrected chi connectivity index (χ3v) is 6.35. The zero-order valence-electron chi connectivity index (χ0n) is 14.2. The summed E-state index contributed by atoms with van der Waals surface area (Å²) in [7, 11) is -3.43. The van der Waals surface area contributed by atoms with Crippen LogP contribution in [0.5, 0.6) is 0 Å². The van der Waals surface area contributed by atoms with Crippen molar-refractivity contribution >= 4 is 39.1 Å². The maximum absolute atomic E-state index is 12.4. The van der Waals surface area contributed by atoms with Crippen molar-refractivity contribution in [3.63, 3.8) is 0 Å². The number of ether oxygens (including phenoxy) is 1. The number of carbonyl (C=O) groups is 1. The molecule has 0 spiro atoms. The van der Waals surface area contributed by atoms with Gasteiger partial charge >= 0.3 is 0 Å². The topological polar surface area (TPSA) is 75.7 Å². The molecule has 2 atom stereocenters. The summed E-state index contributed by atoms with van der Waals surface area (Å²) in [5.74, 6) is -0.406. The minimum absolute atomic E-state index is 0.0581. The summed E-state index contributed by atoms with van der Waals surface area (Å²) in [6.07, 6.45) is -0.159.